The highest BCUT2D eigenvalue weighted by Crippen LogP contribution is 2.22. The predicted molar refractivity (Wildman–Crippen MR) is 88.5 cm³/mol. The molecule has 0 aliphatic carbocycles. The van der Waals surface area contributed by atoms with Crippen molar-refractivity contribution in [2.24, 2.45) is 5.92 Å². The molecular weight excluding hydrogens is 266 g/mol. The van der Waals surface area contributed by atoms with E-state index in [1.165, 1.54) is 11.1 Å². The summed E-state index contributed by atoms with van der Waals surface area (Å²) in [4.78, 5) is 0. The van der Waals surface area contributed by atoms with Gasteiger partial charge in [-0.2, -0.15) is 0 Å². The molecule has 0 aliphatic heterocycles. The lowest BCUT2D eigenvalue weighted by molar-refractivity contribution is 0.647. The molecule has 0 saturated carbocycles. The summed E-state index contributed by atoms with van der Waals surface area (Å²) in [5, 5.41) is 4.23. The molecule has 0 saturated heterocycles. The molecular formula is C18H22ClN. The zero-order chi connectivity index (χ0) is 14.5. The molecule has 0 heterocycles. The second-order valence-corrected chi connectivity index (χ2v) is 6.15. The van der Waals surface area contributed by atoms with Crippen molar-refractivity contribution in [1.29, 1.82) is 0 Å². The van der Waals surface area contributed by atoms with Crippen molar-refractivity contribution in [3.8, 4) is 0 Å². The molecule has 1 unspecified atom stereocenters. The van der Waals surface area contributed by atoms with E-state index >= 15 is 0 Å². The molecule has 2 aromatic rings. The third-order valence-corrected chi connectivity index (χ3v) is 3.57. The highest BCUT2D eigenvalue weighted by molar-refractivity contribution is 6.30. The van der Waals surface area contributed by atoms with Gasteiger partial charge in [0.25, 0.3) is 0 Å². The highest BCUT2D eigenvalue weighted by Gasteiger charge is 2.06. The number of benzene rings is 2. The van der Waals surface area contributed by atoms with Gasteiger partial charge in [-0.3, -0.25) is 0 Å². The molecule has 0 amide bonds. The van der Waals surface area contributed by atoms with Crippen LogP contribution in [0.2, 0.25) is 5.02 Å². The fourth-order valence-electron chi connectivity index (χ4n) is 2.33. The third kappa shape index (κ3) is 4.28. The number of nitrogens with one attached hydrogen (secondary N) is 1. The van der Waals surface area contributed by atoms with Crippen LogP contribution in [0.1, 0.15) is 37.9 Å². The van der Waals surface area contributed by atoms with Crippen molar-refractivity contribution in [3.05, 3.63) is 64.7 Å². The summed E-state index contributed by atoms with van der Waals surface area (Å²) in [5.74, 6) is 0.697. The largest absolute Gasteiger partial charge is 0.378 e. The zero-order valence-corrected chi connectivity index (χ0v) is 13.1. The van der Waals surface area contributed by atoms with E-state index in [0.717, 1.165) is 17.1 Å². The Labute approximate surface area is 127 Å². The van der Waals surface area contributed by atoms with E-state index in [-0.39, 0.29) is 6.04 Å². The SMILES string of the molecule is CC(C)Cc1ccc(C(C)Nc2cccc(Cl)c2)cc1. The quantitative estimate of drug-likeness (QED) is 0.742. The Morgan fingerprint density at radius 3 is 2.30 bits per heavy atom. The standard InChI is InChI=1S/C18H22ClN/c1-13(2)11-15-7-9-16(10-8-15)14(3)20-18-6-4-5-17(19)12-18/h4-10,12-14,20H,11H2,1-3H3. The van der Waals surface area contributed by atoms with E-state index in [1.54, 1.807) is 0 Å². The molecule has 0 aliphatic rings. The van der Waals surface area contributed by atoms with Gasteiger partial charge in [-0.05, 0) is 48.6 Å². The van der Waals surface area contributed by atoms with Crippen molar-refractivity contribution < 1.29 is 0 Å². The Morgan fingerprint density at radius 1 is 1.00 bits per heavy atom. The molecule has 0 aromatic heterocycles. The van der Waals surface area contributed by atoms with Gasteiger partial charge in [-0.25, -0.2) is 0 Å². The van der Waals surface area contributed by atoms with Gasteiger partial charge in [0.05, 0.1) is 0 Å². The maximum Gasteiger partial charge on any atom is 0.0485 e. The first kappa shape index (κ1) is 14.9. The monoisotopic (exact) mass is 287 g/mol. The Hall–Kier alpha value is -1.47. The molecule has 0 spiro atoms. The first-order chi connectivity index (χ1) is 9.54. The van der Waals surface area contributed by atoms with E-state index < -0.39 is 0 Å². The van der Waals surface area contributed by atoms with Crippen LogP contribution in [0.15, 0.2) is 48.5 Å². The molecule has 106 valence electrons. The highest BCUT2D eigenvalue weighted by atomic mass is 35.5. The molecule has 1 atom stereocenters. The van der Waals surface area contributed by atoms with Crippen molar-refractivity contribution >= 4 is 17.3 Å². The summed E-state index contributed by atoms with van der Waals surface area (Å²) < 4.78 is 0. The second kappa shape index (κ2) is 6.81. The average Bonchev–Trinajstić information content (AvgIpc) is 2.38. The van der Waals surface area contributed by atoms with Crippen LogP contribution < -0.4 is 5.32 Å². The number of anilines is 1. The molecule has 1 nitrogen and oxygen atoms in total. The molecule has 2 rings (SSSR count). The van der Waals surface area contributed by atoms with E-state index in [4.69, 9.17) is 11.6 Å². The van der Waals surface area contributed by atoms with Gasteiger partial charge in [0, 0.05) is 16.8 Å². The van der Waals surface area contributed by atoms with Crippen LogP contribution in [-0.2, 0) is 6.42 Å². The summed E-state index contributed by atoms with van der Waals surface area (Å²) in [6.45, 7) is 6.66. The molecule has 0 fully saturated rings. The predicted octanol–water partition coefficient (Wildman–Crippen LogP) is 5.71. The fourth-order valence-corrected chi connectivity index (χ4v) is 2.52. The number of hydrogen-bond donors (Lipinski definition) is 1. The maximum atomic E-state index is 6.00. The van der Waals surface area contributed by atoms with E-state index in [2.05, 4.69) is 50.4 Å². The summed E-state index contributed by atoms with van der Waals surface area (Å²) in [5.41, 5.74) is 3.74. The average molecular weight is 288 g/mol. The van der Waals surface area contributed by atoms with Gasteiger partial charge >= 0.3 is 0 Å². The Morgan fingerprint density at radius 2 is 1.70 bits per heavy atom. The van der Waals surface area contributed by atoms with Crippen molar-refractivity contribution in [3.63, 3.8) is 0 Å². The van der Waals surface area contributed by atoms with Crippen LogP contribution in [0.5, 0.6) is 0 Å². The Bertz CT molecular complexity index is 546. The molecule has 0 radical (unpaired) electrons. The van der Waals surface area contributed by atoms with Crippen LogP contribution in [-0.4, -0.2) is 0 Å². The molecule has 2 aromatic carbocycles. The molecule has 0 bridgehead atoms. The van der Waals surface area contributed by atoms with Crippen LogP contribution in [0, 0.1) is 5.92 Å². The molecule has 2 heteroatoms. The van der Waals surface area contributed by atoms with Crippen LogP contribution in [0.3, 0.4) is 0 Å². The van der Waals surface area contributed by atoms with Gasteiger partial charge in [0.15, 0.2) is 0 Å². The van der Waals surface area contributed by atoms with Gasteiger partial charge in [-0.15, -0.1) is 0 Å². The van der Waals surface area contributed by atoms with Gasteiger partial charge < -0.3 is 5.32 Å². The molecule has 20 heavy (non-hydrogen) atoms. The lowest BCUT2D eigenvalue weighted by atomic mass is 10.00. The minimum Gasteiger partial charge on any atom is -0.378 e. The van der Waals surface area contributed by atoms with Crippen LogP contribution in [0.4, 0.5) is 5.69 Å². The first-order valence-corrected chi connectivity index (χ1v) is 7.53. The van der Waals surface area contributed by atoms with Gasteiger partial charge in [0.1, 0.15) is 0 Å². The minimum absolute atomic E-state index is 0.265. The Kier molecular flexibility index (Phi) is 5.08. The number of hydrogen-bond acceptors (Lipinski definition) is 1. The van der Waals surface area contributed by atoms with Crippen LogP contribution >= 0.6 is 11.6 Å². The fraction of sp³-hybridized carbons (Fsp3) is 0.333. The van der Waals surface area contributed by atoms with Gasteiger partial charge in [0.2, 0.25) is 0 Å². The minimum atomic E-state index is 0.265. The smallest absolute Gasteiger partial charge is 0.0485 e. The second-order valence-electron chi connectivity index (χ2n) is 5.72. The zero-order valence-electron chi connectivity index (χ0n) is 12.4. The van der Waals surface area contributed by atoms with Crippen molar-refractivity contribution in [2.45, 2.75) is 33.2 Å². The summed E-state index contributed by atoms with van der Waals surface area (Å²) in [6, 6.07) is 17.0. The Balaban J connectivity index is 2.03. The van der Waals surface area contributed by atoms with E-state index in [0.29, 0.717) is 5.92 Å². The normalized spacial score (nSPS) is 12.4. The van der Waals surface area contributed by atoms with Crippen LogP contribution in [0.25, 0.3) is 0 Å². The first-order valence-electron chi connectivity index (χ1n) is 7.15. The summed E-state index contributed by atoms with van der Waals surface area (Å²) >= 11 is 6.00. The lowest BCUT2D eigenvalue weighted by Gasteiger charge is -2.16. The van der Waals surface area contributed by atoms with Gasteiger partial charge in [-0.1, -0.05) is 55.8 Å². The third-order valence-electron chi connectivity index (χ3n) is 3.33. The topological polar surface area (TPSA) is 12.0 Å². The number of rotatable bonds is 5. The van der Waals surface area contributed by atoms with Crippen molar-refractivity contribution in [2.75, 3.05) is 5.32 Å². The molecule has 1 N–H and O–H groups in total. The van der Waals surface area contributed by atoms with E-state index in [9.17, 15) is 0 Å². The van der Waals surface area contributed by atoms with E-state index in [1.807, 2.05) is 24.3 Å². The number of halogens is 1. The van der Waals surface area contributed by atoms with Crippen molar-refractivity contribution in [1.82, 2.24) is 0 Å². The summed E-state index contributed by atoms with van der Waals surface area (Å²) in [7, 11) is 0. The maximum absolute atomic E-state index is 6.00. The summed E-state index contributed by atoms with van der Waals surface area (Å²) in [6.07, 6.45) is 1.14. The lowest BCUT2D eigenvalue weighted by Crippen LogP contribution is -2.06.